The predicted octanol–water partition coefficient (Wildman–Crippen LogP) is 2.66. The monoisotopic (exact) mass is 317 g/mol. The normalized spacial score (nSPS) is 41.9. The highest BCUT2D eigenvalue weighted by molar-refractivity contribution is 5.95. The number of nitrogens with zero attached hydrogens (tertiary/aromatic N) is 3. The van der Waals surface area contributed by atoms with E-state index in [1.807, 2.05) is 0 Å². The van der Waals surface area contributed by atoms with Gasteiger partial charge < -0.3 is 16.4 Å². The third-order valence-electron chi connectivity index (χ3n) is 6.71. The number of rotatable bonds is 5. The fraction of sp³-hybridized carbons (Fsp3) is 0.889. The van der Waals surface area contributed by atoms with Gasteiger partial charge in [-0.1, -0.05) is 19.8 Å². The van der Waals surface area contributed by atoms with Crippen LogP contribution in [-0.4, -0.2) is 29.5 Å². The molecule has 1 atom stereocenters. The van der Waals surface area contributed by atoms with Crippen molar-refractivity contribution in [2.45, 2.75) is 70.9 Å². The van der Waals surface area contributed by atoms with Crippen LogP contribution in [0.3, 0.4) is 0 Å². The van der Waals surface area contributed by atoms with Gasteiger partial charge in [0, 0.05) is 12.0 Å². The summed E-state index contributed by atoms with van der Waals surface area (Å²) in [6.45, 7) is 3.20. The van der Waals surface area contributed by atoms with Crippen molar-refractivity contribution in [2.24, 2.45) is 44.6 Å². The van der Waals surface area contributed by atoms with Crippen molar-refractivity contribution in [2.75, 3.05) is 6.54 Å². The molecule has 0 saturated heterocycles. The van der Waals surface area contributed by atoms with Crippen LogP contribution in [0, 0.1) is 23.2 Å². The van der Waals surface area contributed by atoms with Crippen molar-refractivity contribution < 1.29 is 0 Å². The lowest BCUT2D eigenvalue weighted by Crippen LogP contribution is -2.60. The molecule has 5 rings (SSSR count). The van der Waals surface area contributed by atoms with E-state index in [0.29, 0.717) is 17.3 Å². The maximum absolute atomic E-state index is 6.28. The molecule has 0 aromatic carbocycles. The molecule has 4 fully saturated rings. The highest BCUT2D eigenvalue weighted by Gasteiger charge is 2.56. The van der Waals surface area contributed by atoms with Gasteiger partial charge in [-0.25, -0.2) is 4.99 Å². The van der Waals surface area contributed by atoms with E-state index < -0.39 is 0 Å². The van der Waals surface area contributed by atoms with Crippen LogP contribution in [0.15, 0.2) is 9.98 Å². The highest BCUT2D eigenvalue weighted by Crippen LogP contribution is 2.62. The summed E-state index contributed by atoms with van der Waals surface area (Å²) in [5, 5.41) is 0. The minimum atomic E-state index is 0.130. The highest BCUT2D eigenvalue weighted by atomic mass is 15.4. The first-order valence-electron chi connectivity index (χ1n) is 9.54. The molecule has 0 radical (unpaired) electrons. The van der Waals surface area contributed by atoms with E-state index in [1.165, 1.54) is 51.4 Å². The quantitative estimate of drug-likeness (QED) is 0.765. The molecule has 0 spiro atoms. The van der Waals surface area contributed by atoms with E-state index in [0.717, 1.165) is 30.7 Å². The number of hydrogen-bond donors (Lipinski definition) is 2. The Morgan fingerprint density at radius 3 is 2.22 bits per heavy atom. The lowest BCUT2D eigenvalue weighted by molar-refractivity contribution is -0.0888. The molecular formula is C18H31N5. The third kappa shape index (κ3) is 2.62. The number of aliphatic imine (C=N–C) groups is 2. The van der Waals surface area contributed by atoms with Crippen molar-refractivity contribution in [3.05, 3.63) is 0 Å². The summed E-state index contributed by atoms with van der Waals surface area (Å²) in [6, 6.07) is 0. The molecule has 0 amide bonds. The fourth-order valence-electron chi connectivity index (χ4n) is 6.26. The molecule has 23 heavy (non-hydrogen) atoms. The first-order valence-corrected chi connectivity index (χ1v) is 9.54. The lowest BCUT2D eigenvalue weighted by atomic mass is 9.48. The number of unbranched alkanes of at least 4 members (excludes halogenated alkanes) is 2. The number of guanidine groups is 2. The Bertz CT molecular complexity index is 488. The minimum absolute atomic E-state index is 0.130. The Balaban J connectivity index is 1.60. The van der Waals surface area contributed by atoms with Gasteiger partial charge >= 0.3 is 0 Å². The molecule has 4 bridgehead atoms. The first-order chi connectivity index (χ1) is 11.1. The molecule has 4 aliphatic carbocycles. The topological polar surface area (TPSA) is 80.0 Å². The Morgan fingerprint density at radius 1 is 1.04 bits per heavy atom. The van der Waals surface area contributed by atoms with Crippen LogP contribution in [0.4, 0.5) is 0 Å². The van der Waals surface area contributed by atoms with Gasteiger partial charge in [0.2, 0.25) is 11.9 Å². The van der Waals surface area contributed by atoms with Crippen molar-refractivity contribution in [3.8, 4) is 0 Å². The largest absolute Gasteiger partial charge is 0.369 e. The van der Waals surface area contributed by atoms with E-state index in [4.69, 9.17) is 16.5 Å². The Kier molecular flexibility index (Phi) is 3.77. The Morgan fingerprint density at radius 2 is 1.65 bits per heavy atom. The Hall–Kier alpha value is -1.26. The van der Waals surface area contributed by atoms with E-state index in [9.17, 15) is 0 Å². The summed E-state index contributed by atoms with van der Waals surface area (Å²) in [6.07, 6.45) is 12.0. The summed E-state index contributed by atoms with van der Waals surface area (Å²) >= 11 is 0. The van der Waals surface area contributed by atoms with Gasteiger partial charge in [-0.05, 0) is 62.7 Å². The van der Waals surface area contributed by atoms with Crippen LogP contribution in [-0.2, 0) is 0 Å². The third-order valence-corrected chi connectivity index (χ3v) is 6.71. The molecule has 5 heteroatoms. The minimum Gasteiger partial charge on any atom is -0.369 e. The zero-order valence-electron chi connectivity index (χ0n) is 14.4. The van der Waals surface area contributed by atoms with Crippen molar-refractivity contribution in [1.29, 1.82) is 0 Å². The average molecular weight is 317 g/mol. The smallest absolute Gasteiger partial charge is 0.220 e. The van der Waals surface area contributed by atoms with Crippen molar-refractivity contribution in [3.63, 3.8) is 0 Å². The SMILES string of the molecule is CCCCCN1C(N)=NC(N)=NC1C12CC3CC(CC(C3)C1)C2. The number of hydrogen-bond acceptors (Lipinski definition) is 5. The van der Waals surface area contributed by atoms with Gasteiger partial charge in [0.1, 0.15) is 6.17 Å². The second-order valence-electron chi connectivity index (χ2n) is 8.51. The molecule has 1 unspecified atom stereocenters. The molecule has 5 aliphatic rings. The molecule has 0 aromatic rings. The summed E-state index contributed by atoms with van der Waals surface area (Å²) in [5.74, 6) is 3.71. The molecule has 4 saturated carbocycles. The average Bonchev–Trinajstić information content (AvgIpc) is 2.47. The Labute approximate surface area is 139 Å². The molecule has 4 N–H and O–H groups in total. The molecule has 5 nitrogen and oxygen atoms in total. The predicted molar refractivity (Wildman–Crippen MR) is 93.9 cm³/mol. The summed E-state index contributed by atoms with van der Waals surface area (Å²) in [4.78, 5) is 11.4. The van der Waals surface area contributed by atoms with Gasteiger partial charge in [0.25, 0.3) is 0 Å². The molecule has 1 aliphatic heterocycles. The van der Waals surface area contributed by atoms with Crippen LogP contribution in [0.25, 0.3) is 0 Å². The second-order valence-corrected chi connectivity index (χ2v) is 8.51. The standard InChI is InChI=1S/C18H31N5/c1-2-3-4-5-23-15(21-16(19)22-17(23)20)18-9-12-6-13(10-18)8-14(7-12)11-18/h12-15H,2-11H2,1H3,(H4,19,20,21,22). The maximum Gasteiger partial charge on any atom is 0.220 e. The second kappa shape index (κ2) is 5.67. The summed E-state index contributed by atoms with van der Waals surface area (Å²) in [5.41, 5.74) is 12.6. The van der Waals surface area contributed by atoms with Crippen LogP contribution >= 0.6 is 0 Å². The summed E-state index contributed by atoms with van der Waals surface area (Å²) < 4.78 is 0. The zero-order chi connectivity index (χ0) is 16.0. The molecular weight excluding hydrogens is 286 g/mol. The molecule has 0 aromatic heterocycles. The van der Waals surface area contributed by atoms with Crippen LogP contribution in [0.1, 0.15) is 64.7 Å². The van der Waals surface area contributed by atoms with E-state index in [1.54, 1.807) is 0 Å². The van der Waals surface area contributed by atoms with Crippen LogP contribution < -0.4 is 11.5 Å². The van der Waals surface area contributed by atoms with E-state index in [-0.39, 0.29) is 6.17 Å². The summed E-state index contributed by atoms with van der Waals surface area (Å²) in [7, 11) is 0. The maximum atomic E-state index is 6.28. The fourth-order valence-corrected chi connectivity index (χ4v) is 6.26. The van der Waals surface area contributed by atoms with Gasteiger partial charge in [0.15, 0.2) is 0 Å². The molecule has 1 heterocycles. The first kappa shape index (κ1) is 15.3. The van der Waals surface area contributed by atoms with Crippen LogP contribution in [0.5, 0.6) is 0 Å². The van der Waals surface area contributed by atoms with Crippen molar-refractivity contribution in [1.82, 2.24) is 4.90 Å². The lowest BCUT2D eigenvalue weighted by Gasteiger charge is -2.60. The number of nitrogens with two attached hydrogens (primary N) is 2. The van der Waals surface area contributed by atoms with Gasteiger partial charge in [-0.15, -0.1) is 0 Å². The van der Waals surface area contributed by atoms with Crippen LogP contribution in [0.2, 0.25) is 0 Å². The van der Waals surface area contributed by atoms with Crippen molar-refractivity contribution >= 4 is 11.9 Å². The van der Waals surface area contributed by atoms with E-state index >= 15 is 0 Å². The van der Waals surface area contributed by atoms with E-state index in [2.05, 4.69) is 16.8 Å². The molecule has 128 valence electrons. The van der Waals surface area contributed by atoms with Gasteiger partial charge in [0.05, 0.1) is 0 Å². The van der Waals surface area contributed by atoms with Gasteiger partial charge in [-0.2, -0.15) is 4.99 Å². The zero-order valence-corrected chi connectivity index (χ0v) is 14.4. The van der Waals surface area contributed by atoms with Gasteiger partial charge in [-0.3, -0.25) is 0 Å².